The van der Waals surface area contributed by atoms with E-state index in [4.69, 9.17) is 16.3 Å². The van der Waals surface area contributed by atoms with E-state index in [2.05, 4.69) is 0 Å². The maximum atomic E-state index is 10.9. The second kappa shape index (κ2) is 7.59. The average molecular weight is 300 g/mol. The first-order valence-corrected chi connectivity index (χ1v) is 6.39. The molecule has 0 aliphatic heterocycles. The fraction of sp³-hybridized carbons (Fsp3) is 0.385. The number of benzene rings is 1. The predicted octanol–water partition coefficient (Wildman–Crippen LogP) is 3.03. The van der Waals surface area contributed by atoms with Gasteiger partial charge in [-0.3, -0.25) is 19.7 Å². The molecule has 0 aliphatic carbocycles. The van der Waals surface area contributed by atoms with Gasteiger partial charge in [-0.2, -0.15) is 0 Å². The molecule has 0 saturated carbocycles. The Labute approximate surface area is 120 Å². The molecule has 0 bridgehead atoms. The fourth-order valence-corrected chi connectivity index (χ4v) is 1.82. The Morgan fingerprint density at radius 2 is 2.15 bits per heavy atom. The van der Waals surface area contributed by atoms with Gasteiger partial charge in [-0.15, -0.1) is 0 Å². The molecule has 20 heavy (non-hydrogen) atoms. The Morgan fingerprint density at radius 3 is 2.70 bits per heavy atom. The Balaban J connectivity index is 2.69. The van der Waals surface area contributed by atoms with Crippen molar-refractivity contribution in [1.29, 1.82) is 0 Å². The lowest BCUT2D eigenvalue weighted by Crippen LogP contribution is -2.02. The highest BCUT2D eigenvalue weighted by molar-refractivity contribution is 6.63. The maximum Gasteiger partial charge on any atom is 0.283 e. The minimum atomic E-state index is -0.615. The third kappa shape index (κ3) is 4.62. The number of ether oxygens (including phenoxy) is 1. The SMILES string of the molecule is Cc1cc(OCCCCC(=O)Cl)cc([N+](=O)[O-])c1C=O. The van der Waals surface area contributed by atoms with Gasteiger partial charge in [-0.05, 0) is 43.0 Å². The Kier molecular flexibility index (Phi) is 6.11. The predicted molar refractivity (Wildman–Crippen MR) is 73.4 cm³/mol. The van der Waals surface area contributed by atoms with Gasteiger partial charge in [0.05, 0.1) is 23.2 Å². The van der Waals surface area contributed by atoms with Crippen LogP contribution >= 0.6 is 11.6 Å². The molecule has 0 radical (unpaired) electrons. The summed E-state index contributed by atoms with van der Waals surface area (Å²) in [6.45, 7) is 1.93. The number of hydrogen-bond acceptors (Lipinski definition) is 5. The molecule has 7 heteroatoms. The number of aldehydes is 1. The molecule has 0 atom stereocenters. The van der Waals surface area contributed by atoms with E-state index in [1.807, 2.05) is 0 Å². The zero-order chi connectivity index (χ0) is 15.1. The van der Waals surface area contributed by atoms with Crippen molar-refractivity contribution in [2.45, 2.75) is 26.2 Å². The zero-order valence-electron chi connectivity index (χ0n) is 10.9. The van der Waals surface area contributed by atoms with Crippen LogP contribution in [0.1, 0.15) is 35.2 Å². The number of nitrogens with zero attached hydrogens (tertiary/aromatic N) is 1. The Bertz CT molecular complexity index is 530. The van der Waals surface area contributed by atoms with Crippen molar-refractivity contribution >= 4 is 28.8 Å². The highest BCUT2D eigenvalue weighted by Crippen LogP contribution is 2.27. The number of carbonyl (C=O) groups is 2. The average Bonchev–Trinajstić information content (AvgIpc) is 2.37. The van der Waals surface area contributed by atoms with E-state index >= 15 is 0 Å². The lowest BCUT2D eigenvalue weighted by molar-refractivity contribution is -0.385. The van der Waals surface area contributed by atoms with E-state index in [1.54, 1.807) is 13.0 Å². The summed E-state index contributed by atoms with van der Waals surface area (Å²) in [5.41, 5.74) is 0.265. The Morgan fingerprint density at radius 1 is 1.45 bits per heavy atom. The zero-order valence-corrected chi connectivity index (χ0v) is 11.7. The summed E-state index contributed by atoms with van der Waals surface area (Å²) < 4.78 is 5.38. The number of aryl methyl sites for hydroxylation is 1. The van der Waals surface area contributed by atoms with Crippen LogP contribution < -0.4 is 4.74 Å². The van der Waals surface area contributed by atoms with Crippen molar-refractivity contribution in [3.63, 3.8) is 0 Å². The van der Waals surface area contributed by atoms with Crippen LogP contribution in [0, 0.1) is 17.0 Å². The number of halogens is 1. The van der Waals surface area contributed by atoms with Crippen LogP contribution in [-0.2, 0) is 4.79 Å². The first-order valence-electron chi connectivity index (χ1n) is 6.01. The first kappa shape index (κ1) is 16.1. The quantitative estimate of drug-likeness (QED) is 0.242. The summed E-state index contributed by atoms with van der Waals surface area (Å²) in [7, 11) is 0. The summed E-state index contributed by atoms with van der Waals surface area (Å²) >= 11 is 5.20. The highest BCUT2D eigenvalue weighted by Gasteiger charge is 2.17. The van der Waals surface area contributed by atoms with Crippen molar-refractivity contribution in [3.8, 4) is 5.75 Å². The van der Waals surface area contributed by atoms with Gasteiger partial charge < -0.3 is 4.74 Å². The van der Waals surface area contributed by atoms with Gasteiger partial charge in [0.25, 0.3) is 5.69 Å². The van der Waals surface area contributed by atoms with Gasteiger partial charge in [-0.25, -0.2) is 0 Å². The minimum absolute atomic E-state index is 0.0510. The van der Waals surface area contributed by atoms with E-state index in [0.29, 0.717) is 37.0 Å². The second-order valence-corrected chi connectivity index (χ2v) is 4.63. The van der Waals surface area contributed by atoms with Crippen LogP contribution in [-0.4, -0.2) is 23.1 Å². The lowest BCUT2D eigenvalue weighted by atomic mass is 10.1. The monoisotopic (exact) mass is 299 g/mol. The lowest BCUT2D eigenvalue weighted by Gasteiger charge is -2.08. The molecule has 0 fully saturated rings. The molecule has 0 unspecified atom stereocenters. The molecule has 0 amide bonds. The van der Waals surface area contributed by atoms with E-state index in [1.165, 1.54) is 6.07 Å². The number of hydrogen-bond donors (Lipinski definition) is 0. The van der Waals surface area contributed by atoms with Gasteiger partial charge in [0.15, 0.2) is 6.29 Å². The number of rotatable bonds is 8. The third-order valence-electron chi connectivity index (χ3n) is 2.69. The summed E-state index contributed by atoms with van der Waals surface area (Å²) in [5, 5.41) is 10.5. The number of nitro groups is 1. The van der Waals surface area contributed by atoms with E-state index in [-0.39, 0.29) is 17.7 Å². The molecule has 6 nitrogen and oxygen atoms in total. The van der Waals surface area contributed by atoms with Crippen LogP contribution in [0.15, 0.2) is 12.1 Å². The maximum absolute atomic E-state index is 10.9. The Hall–Kier alpha value is -1.95. The second-order valence-electron chi connectivity index (χ2n) is 4.21. The summed E-state index contributed by atoms with van der Waals surface area (Å²) in [4.78, 5) is 31.6. The molecule has 0 heterocycles. The highest BCUT2D eigenvalue weighted by atomic mass is 35.5. The van der Waals surface area contributed by atoms with Crippen molar-refractivity contribution < 1.29 is 19.2 Å². The molecule has 0 aromatic heterocycles. The summed E-state index contributed by atoms with van der Waals surface area (Å²) in [6, 6.07) is 2.80. The smallest absolute Gasteiger partial charge is 0.283 e. The first-order chi connectivity index (χ1) is 9.45. The molecular weight excluding hydrogens is 286 g/mol. The van der Waals surface area contributed by atoms with Gasteiger partial charge in [-0.1, -0.05) is 0 Å². The van der Waals surface area contributed by atoms with Crippen LogP contribution in [0.3, 0.4) is 0 Å². The van der Waals surface area contributed by atoms with Crippen molar-refractivity contribution in [1.82, 2.24) is 0 Å². The molecule has 0 aliphatic rings. The van der Waals surface area contributed by atoms with Crippen LogP contribution in [0.4, 0.5) is 5.69 Å². The van der Waals surface area contributed by atoms with E-state index < -0.39 is 10.2 Å². The van der Waals surface area contributed by atoms with Crippen LogP contribution in [0.25, 0.3) is 0 Å². The normalized spacial score (nSPS) is 10.1. The number of carbonyl (C=O) groups excluding carboxylic acids is 2. The topological polar surface area (TPSA) is 86.5 Å². The van der Waals surface area contributed by atoms with Gasteiger partial charge in [0.1, 0.15) is 5.75 Å². The summed E-state index contributed by atoms with van der Waals surface area (Å²) in [5.74, 6) is 0.331. The fourth-order valence-electron chi connectivity index (χ4n) is 1.69. The molecule has 0 N–H and O–H groups in total. The van der Waals surface area contributed by atoms with Crippen molar-refractivity contribution in [2.75, 3.05) is 6.61 Å². The van der Waals surface area contributed by atoms with Crippen LogP contribution in [0.2, 0.25) is 0 Å². The molecule has 0 saturated heterocycles. The van der Waals surface area contributed by atoms with Gasteiger partial charge in [0, 0.05) is 6.42 Å². The largest absolute Gasteiger partial charge is 0.493 e. The van der Waals surface area contributed by atoms with Crippen molar-refractivity contribution in [2.24, 2.45) is 0 Å². The number of nitro benzene ring substituents is 1. The van der Waals surface area contributed by atoms with Crippen molar-refractivity contribution in [3.05, 3.63) is 33.4 Å². The number of unbranched alkanes of at least 4 members (excludes halogenated alkanes) is 1. The van der Waals surface area contributed by atoms with Gasteiger partial charge in [0.2, 0.25) is 5.24 Å². The minimum Gasteiger partial charge on any atom is -0.493 e. The summed E-state index contributed by atoms with van der Waals surface area (Å²) in [6.07, 6.45) is 1.94. The molecule has 1 rings (SSSR count). The molecule has 0 spiro atoms. The van der Waals surface area contributed by atoms with Gasteiger partial charge >= 0.3 is 0 Å². The van der Waals surface area contributed by atoms with E-state index in [9.17, 15) is 19.7 Å². The van der Waals surface area contributed by atoms with Crippen LogP contribution in [0.5, 0.6) is 5.75 Å². The standard InChI is InChI=1S/C13H14ClNO5/c1-9-6-10(20-5-3-2-4-13(14)17)7-12(15(18)19)11(9)8-16/h6-8H,2-5H2,1H3. The van der Waals surface area contributed by atoms with E-state index in [0.717, 1.165) is 0 Å². The molecule has 108 valence electrons. The third-order valence-corrected chi connectivity index (χ3v) is 2.88. The molecular formula is C13H14ClNO5. The molecule has 1 aromatic rings. The molecule has 1 aromatic carbocycles.